The lowest BCUT2D eigenvalue weighted by Crippen LogP contribution is -2.16. The molecule has 2 aromatic carbocycles. The normalized spacial score (nSPS) is 10.2. The second-order valence-electron chi connectivity index (χ2n) is 4.89. The van der Waals surface area contributed by atoms with Crippen LogP contribution in [-0.2, 0) is 4.79 Å². The summed E-state index contributed by atoms with van der Waals surface area (Å²) in [6, 6.07) is 10.5. The summed E-state index contributed by atoms with van der Waals surface area (Å²) >= 11 is 12.0. The molecule has 2 N–H and O–H groups in total. The van der Waals surface area contributed by atoms with Crippen LogP contribution in [0.15, 0.2) is 36.4 Å². The average molecular weight is 369 g/mol. The standard InChI is InChI=1S/C17H18Cl2N2O3/c1-23-11-6-7-13(15(10-11)24-2)20-9-8-16(22)21-14-5-3-4-12(18)17(14)19/h3-7,10,20H,8-9H2,1-2H3,(H,21,22). The van der Waals surface area contributed by atoms with Gasteiger partial charge in [-0.15, -0.1) is 0 Å². The summed E-state index contributed by atoms with van der Waals surface area (Å²) in [6.07, 6.45) is 0.262. The van der Waals surface area contributed by atoms with Crippen LogP contribution in [0.4, 0.5) is 11.4 Å². The van der Waals surface area contributed by atoms with E-state index in [2.05, 4.69) is 10.6 Å². The van der Waals surface area contributed by atoms with Gasteiger partial charge in [-0.3, -0.25) is 4.79 Å². The summed E-state index contributed by atoms with van der Waals surface area (Å²) in [5.74, 6) is 1.18. The van der Waals surface area contributed by atoms with E-state index in [1.165, 1.54) is 0 Å². The number of anilines is 2. The molecule has 2 aromatic rings. The maximum atomic E-state index is 12.0. The van der Waals surface area contributed by atoms with Crippen molar-refractivity contribution < 1.29 is 14.3 Å². The number of amides is 1. The third-order valence-corrected chi connectivity index (χ3v) is 4.12. The molecule has 0 fully saturated rings. The van der Waals surface area contributed by atoms with E-state index in [4.69, 9.17) is 32.7 Å². The molecule has 0 spiro atoms. The molecule has 0 unspecified atom stereocenters. The summed E-state index contributed by atoms with van der Waals surface area (Å²) in [5.41, 5.74) is 1.28. The zero-order chi connectivity index (χ0) is 17.5. The van der Waals surface area contributed by atoms with Crippen LogP contribution in [0, 0.1) is 0 Å². The monoisotopic (exact) mass is 368 g/mol. The van der Waals surface area contributed by atoms with Crippen molar-refractivity contribution in [2.75, 3.05) is 31.4 Å². The number of halogens is 2. The summed E-state index contributed by atoms with van der Waals surface area (Å²) in [5, 5.41) is 6.62. The van der Waals surface area contributed by atoms with Crippen molar-refractivity contribution in [1.29, 1.82) is 0 Å². The molecule has 0 aliphatic rings. The zero-order valence-electron chi connectivity index (χ0n) is 13.4. The van der Waals surface area contributed by atoms with Gasteiger partial charge < -0.3 is 20.1 Å². The lowest BCUT2D eigenvalue weighted by Gasteiger charge is -2.13. The molecule has 0 saturated carbocycles. The van der Waals surface area contributed by atoms with Gasteiger partial charge in [0.15, 0.2) is 0 Å². The van der Waals surface area contributed by atoms with Crippen molar-refractivity contribution in [1.82, 2.24) is 0 Å². The van der Waals surface area contributed by atoms with Gasteiger partial charge in [-0.1, -0.05) is 29.3 Å². The quantitative estimate of drug-likeness (QED) is 0.757. The zero-order valence-corrected chi connectivity index (χ0v) is 14.9. The first kappa shape index (κ1) is 18.2. The molecule has 7 heteroatoms. The average Bonchev–Trinajstić information content (AvgIpc) is 2.59. The van der Waals surface area contributed by atoms with Crippen molar-refractivity contribution in [2.24, 2.45) is 0 Å². The van der Waals surface area contributed by atoms with Gasteiger partial charge in [-0.05, 0) is 24.3 Å². The van der Waals surface area contributed by atoms with Crippen molar-refractivity contribution in [3.05, 3.63) is 46.4 Å². The number of carbonyl (C=O) groups excluding carboxylic acids is 1. The molecule has 0 heterocycles. The van der Waals surface area contributed by atoms with Gasteiger partial charge in [0.05, 0.1) is 35.6 Å². The maximum Gasteiger partial charge on any atom is 0.226 e. The Bertz CT molecular complexity index is 723. The van der Waals surface area contributed by atoms with E-state index in [9.17, 15) is 4.79 Å². The van der Waals surface area contributed by atoms with Crippen LogP contribution in [0.25, 0.3) is 0 Å². The number of ether oxygens (including phenoxy) is 2. The predicted molar refractivity (Wildman–Crippen MR) is 97.7 cm³/mol. The lowest BCUT2D eigenvalue weighted by atomic mass is 10.2. The van der Waals surface area contributed by atoms with Crippen molar-refractivity contribution in [2.45, 2.75) is 6.42 Å². The molecule has 0 aliphatic carbocycles. The molecule has 2 rings (SSSR count). The van der Waals surface area contributed by atoms with E-state index in [-0.39, 0.29) is 12.3 Å². The van der Waals surface area contributed by atoms with Gasteiger partial charge >= 0.3 is 0 Å². The number of methoxy groups -OCH3 is 2. The Labute approximate surface area is 150 Å². The highest BCUT2D eigenvalue weighted by Gasteiger charge is 2.09. The topological polar surface area (TPSA) is 59.6 Å². The molecular formula is C17H18Cl2N2O3. The Hall–Kier alpha value is -2.11. The highest BCUT2D eigenvalue weighted by atomic mass is 35.5. The Kier molecular flexibility index (Phi) is 6.58. The Morgan fingerprint density at radius 1 is 1.08 bits per heavy atom. The third-order valence-electron chi connectivity index (χ3n) is 3.30. The van der Waals surface area contributed by atoms with E-state index in [0.717, 1.165) is 5.69 Å². The fourth-order valence-electron chi connectivity index (χ4n) is 2.07. The van der Waals surface area contributed by atoms with Gasteiger partial charge in [0.1, 0.15) is 11.5 Å². The maximum absolute atomic E-state index is 12.0. The number of rotatable bonds is 7. The minimum atomic E-state index is -0.167. The first-order valence-electron chi connectivity index (χ1n) is 7.25. The van der Waals surface area contributed by atoms with E-state index in [0.29, 0.717) is 33.8 Å². The van der Waals surface area contributed by atoms with Crippen LogP contribution in [0.3, 0.4) is 0 Å². The fourth-order valence-corrected chi connectivity index (χ4v) is 2.42. The molecule has 0 atom stereocenters. The van der Waals surface area contributed by atoms with E-state index < -0.39 is 0 Å². The second-order valence-corrected chi connectivity index (χ2v) is 5.68. The molecule has 0 aliphatic heterocycles. The predicted octanol–water partition coefficient (Wildman–Crippen LogP) is 4.45. The Balaban J connectivity index is 1.90. The van der Waals surface area contributed by atoms with Crippen LogP contribution < -0.4 is 20.1 Å². The van der Waals surface area contributed by atoms with Crippen LogP contribution in [0.5, 0.6) is 11.5 Å². The number of nitrogens with one attached hydrogen (secondary N) is 2. The van der Waals surface area contributed by atoms with Crippen LogP contribution in [0.1, 0.15) is 6.42 Å². The molecule has 0 bridgehead atoms. The summed E-state index contributed by atoms with van der Waals surface area (Å²) in [6.45, 7) is 0.437. The van der Waals surface area contributed by atoms with Crippen LogP contribution >= 0.6 is 23.2 Å². The van der Waals surface area contributed by atoms with Crippen LogP contribution in [0.2, 0.25) is 10.0 Å². The highest BCUT2D eigenvalue weighted by molar-refractivity contribution is 6.43. The molecule has 0 radical (unpaired) electrons. The van der Waals surface area contributed by atoms with Crippen molar-refractivity contribution in [3.63, 3.8) is 0 Å². The van der Waals surface area contributed by atoms with Crippen molar-refractivity contribution in [3.8, 4) is 11.5 Å². The first-order valence-corrected chi connectivity index (χ1v) is 8.00. The van der Waals surface area contributed by atoms with Crippen molar-refractivity contribution >= 4 is 40.5 Å². The largest absolute Gasteiger partial charge is 0.497 e. The van der Waals surface area contributed by atoms with Gasteiger partial charge in [-0.2, -0.15) is 0 Å². The van der Waals surface area contributed by atoms with E-state index >= 15 is 0 Å². The summed E-state index contributed by atoms with van der Waals surface area (Å²) < 4.78 is 10.4. The molecule has 128 valence electrons. The summed E-state index contributed by atoms with van der Waals surface area (Å²) in [7, 11) is 3.17. The number of benzene rings is 2. The number of hydrogen-bond donors (Lipinski definition) is 2. The van der Waals surface area contributed by atoms with Gasteiger partial charge in [-0.25, -0.2) is 0 Å². The molecule has 1 amide bonds. The van der Waals surface area contributed by atoms with Gasteiger partial charge in [0, 0.05) is 19.0 Å². The minimum absolute atomic E-state index is 0.167. The number of carbonyl (C=O) groups is 1. The molecule has 5 nitrogen and oxygen atoms in total. The van der Waals surface area contributed by atoms with Gasteiger partial charge in [0.2, 0.25) is 5.91 Å². The smallest absolute Gasteiger partial charge is 0.226 e. The lowest BCUT2D eigenvalue weighted by molar-refractivity contribution is -0.115. The van der Waals surface area contributed by atoms with Crippen LogP contribution in [-0.4, -0.2) is 26.7 Å². The second kappa shape index (κ2) is 8.66. The Morgan fingerprint density at radius 2 is 1.88 bits per heavy atom. The molecule has 0 aromatic heterocycles. The molecular weight excluding hydrogens is 351 g/mol. The third kappa shape index (κ3) is 4.69. The van der Waals surface area contributed by atoms with E-state index in [1.807, 2.05) is 12.1 Å². The SMILES string of the molecule is COc1ccc(NCCC(=O)Nc2cccc(Cl)c2Cl)c(OC)c1. The first-order chi connectivity index (χ1) is 11.5. The number of hydrogen-bond acceptors (Lipinski definition) is 4. The molecule has 24 heavy (non-hydrogen) atoms. The van der Waals surface area contributed by atoms with E-state index in [1.54, 1.807) is 38.5 Å². The van der Waals surface area contributed by atoms with Gasteiger partial charge in [0.25, 0.3) is 0 Å². The summed E-state index contributed by atoms with van der Waals surface area (Å²) in [4.78, 5) is 12.0. The molecule has 0 saturated heterocycles. The Morgan fingerprint density at radius 3 is 2.58 bits per heavy atom. The highest BCUT2D eigenvalue weighted by Crippen LogP contribution is 2.30. The fraction of sp³-hybridized carbons (Fsp3) is 0.235. The minimum Gasteiger partial charge on any atom is -0.497 e.